The summed E-state index contributed by atoms with van der Waals surface area (Å²) in [6, 6.07) is 5.19. The summed E-state index contributed by atoms with van der Waals surface area (Å²) in [4.78, 5) is 12.0. The zero-order valence-electron chi connectivity index (χ0n) is 10.9. The number of anilines is 1. The fourth-order valence-electron chi connectivity index (χ4n) is 1.63. The molecule has 100 valence electrons. The van der Waals surface area contributed by atoms with Crippen molar-refractivity contribution in [1.82, 2.24) is 5.32 Å². The van der Waals surface area contributed by atoms with E-state index in [9.17, 15) is 4.79 Å². The lowest BCUT2D eigenvalue weighted by molar-refractivity contribution is 0.0935. The Kier molecular flexibility index (Phi) is 5.95. The molecule has 0 radical (unpaired) electrons. The molecule has 1 unspecified atom stereocenters. The zero-order valence-corrected chi connectivity index (χ0v) is 11.7. The third-order valence-corrected chi connectivity index (χ3v) is 2.79. The van der Waals surface area contributed by atoms with Crippen molar-refractivity contribution < 1.29 is 9.53 Å². The predicted octanol–water partition coefficient (Wildman–Crippen LogP) is 2.39. The minimum atomic E-state index is -0.134. The van der Waals surface area contributed by atoms with Crippen molar-refractivity contribution >= 4 is 23.2 Å². The van der Waals surface area contributed by atoms with Crippen molar-refractivity contribution in [3.05, 3.63) is 28.8 Å². The first-order valence-electron chi connectivity index (χ1n) is 5.83. The second-order valence-electron chi connectivity index (χ2n) is 4.21. The number of hydrogen-bond donors (Lipinski definition) is 2. The fourth-order valence-corrected chi connectivity index (χ4v) is 1.80. The van der Waals surface area contributed by atoms with E-state index in [1.807, 2.05) is 6.92 Å². The van der Waals surface area contributed by atoms with Crippen molar-refractivity contribution in [1.29, 1.82) is 0 Å². The highest BCUT2D eigenvalue weighted by Gasteiger charge is 2.12. The highest BCUT2D eigenvalue weighted by molar-refractivity contribution is 6.31. The molecule has 0 aliphatic heterocycles. The van der Waals surface area contributed by atoms with E-state index in [2.05, 4.69) is 10.6 Å². The van der Waals surface area contributed by atoms with Gasteiger partial charge in [-0.3, -0.25) is 4.79 Å². The number of rotatable bonds is 6. The van der Waals surface area contributed by atoms with E-state index in [4.69, 9.17) is 16.3 Å². The van der Waals surface area contributed by atoms with Gasteiger partial charge in [0.1, 0.15) is 0 Å². The van der Waals surface area contributed by atoms with Crippen molar-refractivity contribution in [2.75, 3.05) is 32.6 Å². The summed E-state index contributed by atoms with van der Waals surface area (Å²) in [5.74, 6) is 0.140. The molecule has 2 N–H and O–H groups in total. The van der Waals surface area contributed by atoms with Crippen molar-refractivity contribution in [2.24, 2.45) is 5.92 Å². The van der Waals surface area contributed by atoms with Crippen LogP contribution in [0.4, 0.5) is 5.69 Å². The molecule has 0 aliphatic carbocycles. The Balaban J connectivity index is 2.68. The van der Waals surface area contributed by atoms with Crippen molar-refractivity contribution in [3.8, 4) is 0 Å². The van der Waals surface area contributed by atoms with Crippen LogP contribution in [-0.4, -0.2) is 33.2 Å². The van der Waals surface area contributed by atoms with E-state index in [-0.39, 0.29) is 11.8 Å². The molecular formula is C13H19ClN2O2. The van der Waals surface area contributed by atoms with Crippen LogP contribution in [0.1, 0.15) is 17.3 Å². The van der Waals surface area contributed by atoms with Crippen LogP contribution in [0.15, 0.2) is 18.2 Å². The van der Waals surface area contributed by atoms with Crippen LogP contribution in [-0.2, 0) is 4.74 Å². The summed E-state index contributed by atoms with van der Waals surface area (Å²) in [5, 5.41) is 6.39. The first-order valence-corrected chi connectivity index (χ1v) is 6.20. The molecule has 0 aromatic heterocycles. The van der Waals surface area contributed by atoms with Crippen molar-refractivity contribution in [2.45, 2.75) is 6.92 Å². The Morgan fingerprint density at radius 3 is 2.83 bits per heavy atom. The number of hydrogen-bond acceptors (Lipinski definition) is 3. The maximum atomic E-state index is 12.0. The number of amides is 1. The van der Waals surface area contributed by atoms with Gasteiger partial charge in [-0.2, -0.15) is 0 Å². The lowest BCUT2D eigenvalue weighted by atomic mass is 10.1. The van der Waals surface area contributed by atoms with Gasteiger partial charge < -0.3 is 15.4 Å². The first-order chi connectivity index (χ1) is 8.58. The molecule has 4 nitrogen and oxygen atoms in total. The molecule has 0 aliphatic rings. The average molecular weight is 271 g/mol. The lowest BCUT2D eigenvalue weighted by Crippen LogP contribution is -2.30. The molecule has 5 heteroatoms. The number of carbonyl (C=O) groups excluding carboxylic acids is 1. The summed E-state index contributed by atoms with van der Waals surface area (Å²) >= 11 is 5.90. The molecule has 0 heterocycles. The van der Waals surface area contributed by atoms with Gasteiger partial charge in [0.05, 0.1) is 12.2 Å². The standard InChI is InChI=1S/C13H19ClN2O2/c1-9(8-18-3)7-16-13(17)11-6-10(14)4-5-12(11)15-2/h4-6,9,15H,7-8H2,1-3H3,(H,16,17). The normalized spacial score (nSPS) is 12.0. The minimum Gasteiger partial charge on any atom is -0.387 e. The monoisotopic (exact) mass is 270 g/mol. The molecule has 1 aromatic carbocycles. The second-order valence-corrected chi connectivity index (χ2v) is 4.65. The summed E-state index contributed by atoms with van der Waals surface area (Å²) in [6.45, 7) is 3.21. The van der Waals surface area contributed by atoms with Gasteiger partial charge >= 0.3 is 0 Å². The maximum absolute atomic E-state index is 12.0. The number of methoxy groups -OCH3 is 1. The molecule has 0 fully saturated rings. The fraction of sp³-hybridized carbons (Fsp3) is 0.462. The highest BCUT2D eigenvalue weighted by atomic mass is 35.5. The van der Waals surface area contributed by atoms with Gasteiger partial charge in [-0.25, -0.2) is 0 Å². The Bertz CT molecular complexity index is 410. The summed E-state index contributed by atoms with van der Waals surface area (Å²) in [7, 11) is 3.42. The number of nitrogens with one attached hydrogen (secondary N) is 2. The van der Waals surface area contributed by atoms with Gasteiger partial charge in [0.2, 0.25) is 0 Å². The van der Waals surface area contributed by atoms with E-state index in [1.54, 1.807) is 32.4 Å². The SMILES string of the molecule is CNc1ccc(Cl)cc1C(=O)NCC(C)COC. The van der Waals surface area contributed by atoms with Gasteiger partial charge in [-0.1, -0.05) is 18.5 Å². The Morgan fingerprint density at radius 2 is 2.22 bits per heavy atom. The van der Waals surface area contributed by atoms with Crippen LogP contribution >= 0.6 is 11.6 Å². The molecule has 1 atom stereocenters. The topological polar surface area (TPSA) is 50.4 Å². The maximum Gasteiger partial charge on any atom is 0.253 e. The number of carbonyl (C=O) groups is 1. The van der Waals surface area contributed by atoms with E-state index in [1.165, 1.54) is 0 Å². The number of ether oxygens (including phenoxy) is 1. The van der Waals surface area contributed by atoms with Crippen LogP contribution in [0.3, 0.4) is 0 Å². The molecule has 0 spiro atoms. The summed E-state index contributed by atoms with van der Waals surface area (Å²) in [5.41, 5.74) is 1.31. The molecule has 1 rings (SSSR count). The van der Waals surface area contributed by atoms with Gasteiger partial charge in [0, 0.05) is 31.4 Å². The van der Waals surface area contributed by atoms with Crippen LogP contribution in [0.5, 0.6) is 0 Å². The molecule has 0 saturated heterocycles. The Labute approximate surface area is 113 Å². The zero-order chi connectivity index (χ0) is 13.5. The van der Waals surface area contributed by atoms with Gasteiger partial charge in [-0.05, 0) is 24.1 Å². The van der Waals surface area contributed by atoms with Gasteiger partial charge in [-0.15, -0.1) is 0 Å². The summed E-state index contributed by atoms with van der Waals surface area (Å²) in [6.07, 6.45) is 0. The molecular weight excluding hydrogens is 252 g/mol. The van der Waals surface area contributed by atoms with Crippen LogP contribution in [0, 0.1) is 5.92 Å². The molecule has 0 bridgehead atoms. The first kappa shape index (κ1) is 14.8. The third kappa shape index (κ3) is 4.20. The van der Waals surface area contributed by atoms with Crippen LogP contribution < -0.4 is 10.6 Å². The average Bonchev–Trinajstić information content (AvgIpc) is 2.36. The van der Waals surface area contributed by atoms with E-state index < -0.39 is 0 Å². The van der Waals surface area contributed by atoms with Gasteiger partial charge in [0.25, 0.3) is 5.91 Å². The number of halogens is 1. The molecule has 0 saturated carbocycles. The molecule has 1 aromatic rings. The van der Waals surface area contributed by atoms with E-state index in [0.29, 0.717) is 23.7 Å². The summed E-state index contributed by atoms with van der Waals surface area (Å²) < 4.78 is 5.02. The predicted molar refractivity (Wildman–Crippen MR) is 74.4 cm³/mol. The molecule has 18 heavy (non-hydrogen) atoms. The van der Waals surface area contributed by atoms with Gasteiger partial charge in [0.15, 0.2) is 0 Å². The Morgan fingerprint density at radius 1 is 1.50 bits per heavy atom. The number of benzene rings is 1. The quantitative estimate of drug-likeness (QED) is 0.835. The smallest absolute Gasteiger partial charge is 0.253 e. The minimum absolute atomic E-state index is 0.134. The largest absolute Gasteiger partial charge is 0.387 e. The Hall–Kier alpha value is -1.26. The molecule has 1 amide bonds. The lowest BCUT2D eigenvalue weighted by Gasteiger charge is -2.13. The highest BCUT2D eigenvalue weighted by Crippen LogP contribution is 2.20. The van der Waals surface area contributed by atoms with E-state index in [0.717, 1.165) is 5.69 Å². The van der Waals surface area contributed by atoms with E-state index >= 15 is 0 Å². The van der Waals surface area contributed by atoms with Crippen molar-refractivity contribution in [3.63, 3.8) is 0 Å². The third-order valence-electron chi connectivity index (χ3n) is 2.56. The second kappa shape index (κ2) is 7.24. The van der Waals surface area contributed by atoms with Crippen LogP contribution in [0.2, 0.25) is 5.02 Å². The van der Waals surface area contributed by atoms with Crippen LogP contribution in [0.25, 0.3) is 0 Å².